The van der Waals surface area contributed by atoms with Gasteiger partial charge in [0.2, 0.25) is 0 Å². The lowest BCUT2D eigenvalue weighted by Crippen LogP contribution is -2.44. The van der Waals surface area contributed by atoms with Gasteiger partial charge in [-0.2, -0.15) is 8.42 Å². The molecule has 2 amide bonds. The van der Waals surface area contributed by atoms with E-state index in [1.54, 1.807) is 4.90 Å². The van der Waals surface area contributed by atoms with Crippen LogP contribution in [0.15, 0.2) is 54.6 Å². The summed E-state index contributed by atoms with van der Waals surface area (Å²) in [6.45, 7) is 12.7. The van der Waals surface area contributed by atoms with Gasteiger partial charge in [-0.15, -0.1) is 0 Å². The van der Waals surface area contributed by atoms with Gasteiger partial charge in [0.25, 0.3) is 10.1 Å². The number of esters is 1. The van der Waals surface area contributed by atoms with E-state index in [-0.39, 0.29) is 30.2 Å². The number of amides is 2. The first-order valence-electron chi connectivity index (χ1n) is 19.5. The minimum Gasteiger partial charge on any atom is -0.492 e. The van der Waals surface area contributed by atoms with E-state index in [9.17, 15) is 22.8 Å². The molecule has 6 rings (SSSR count). The molecule has 58 heavy (non-hydrogen) atoms. The summed E-state index contributed by atoms with van der Waals surface area (Å²) in [6, 6.07) is 18.4. The molecule has 1 atom stereocenters. The highest BCUT2D eigenvalue weighted by molar-refractivity contribution is 7.86. The molecule has 0 unspecified atom stereocenters. The topological polar surface area (TPSA) is 167 Å². The highest BCUT2D eigenvalue weighted by atomic mass is 32.2. The maximum atomic E-state index is 12.4. The van der Waals surface area contributed by atoms with Gasteiger partial charge >= 0.3 is 18.2 Å². The van der Waals surface area contributed by atoms with Crippen molar-refractivity contribution in [3.8, 4) is 28.4 Å². The standard InChI is InChI=1S/C36H43NO7.C7H13NO5S/c1-23-16-30(43-28-12-14-37(15-13-28)35(39)44-36(3,4)5)17-24(2)34(23)26-9-7-8-25(18-26)21-41-29-10-11-31-27(19-33(38)40-6)22-42-32(31)20-29;1-14(11,12)13-6-2-4-8(5-3-6)7(9)10/h7-11,16-18,20,27-28H,12-15,19,21-22H2,1-6H3;6H,2-5H2,1H3,(H,9,10)/t27-;/m1./s1. The van der Waals surface area contributed by atoms with Crippen molar-refractivity contribution in [3.63, 3.8) is 0 Å². The summed E-state index contributed by atoms with van der Waals surface area (Å²) in [5.41, 5.74) is 6.16. The fraction of sp³-hybridized carbons (Fsp3) is 0.512. The van der Waals surface area contributed by atoms with Gasteiger partial charge < -0.3 is 38.6 Å². The van der Waals surface area contributed by atoms with E-state index in [1.165, 1.54) is 17.6 Å². The number of benzene rings is 3. The third kappa shape index (κ3) is 12.7. The van der Waals surface area contributed by atoms with Crippen LogP contribution >= 0.6 is 0 Å². The molecule has 0 spiro atoms. The number of aryl methyl sites for hydroxylation is 2. The molecule has 14 nitrogen and oxygen atoms in total. The molecule has 1 N–H and O–H groups in total. The molecule has 0 radical (unpaired) electrons. The lowest BCUT2D eigenvalue weighted by Gasteiger charge is -2.33. The number of likely N-dealkylation sites (tertiary alicyclic amines) is 2. The highest BCUT2D eigenvalue weighted by Crippen LogP contribution is 2.39. The second kappa shape index (κ2) is 19.2. The number of rotatable bonds is 10. The Hall–Kier alpha value is -5.02. The zero-order chi connectivity index (χ0) is 42.2. The van der Waals surface area contributed by atoms with Gasteiger partial charge in [0.1, 0.15) is 35.6 Å². The number of nitrogens with zero attached hydrogens (tertiary/aromatic N) is 2. The number of hydrogen-bond acceptors (Lipinski definition) is 11. The van der Waals surface area contributed by atoms with Gasteiger partial charge in [0, 0.05) is 56.6 Å². The first kappa shape index (κ1) is 44.1. The lowest BCUT2D eigenvalue weighted by molar-refractivity contribution is -0.141. The van der Waals surface area contributed by atoms with Crippen LogP contribution in [0.5, 0.6) is 17.2 Å². The fourth-order valence-corrected chi connectivity index (χ4v) is 7.98. The maximum absolute atomic E-state index is 12.4. The average molecular weight is 825 g/mol. The first-order chi connectivity index (χ1) is 27.4. The van der Waals surface area contributed by atoms with Gasteiger partial charge in [-0.05, 0) is 99.5 Å². The Morgan fingerprint density at radius 1 is 0.862 bits per heavy atom. The predicted octanol–water partition coefficient (Wildman–Crippen LogP) is 7.47. The molecule has 3 aromatic carbocycles. The first-order valence-corrected chi connectivity index (χ1v) is 21.4. The van der Waals surface area contributed by atoms with Crippen molar-refractivity contribution >= 4 is 28.3 Å². The number of carbonyl (C=O) groups is 3. The molecular formula is C43H56N2O12S. The molecule has 15 heteroatoms. The van der Waals surface area contributed by atoms with Crippen LogP contribution in [0.3, 0.4) is 0 Å². The average Bonchev–Trinajstić information content (AvgIpc) is 3.54. The SMILES string of the molecule is COC(=O)C[C@@H]1COc2cc(OCc3cccc(-c4c(C)cc(OC5CCN(C(=O)OC(C)(C)C)CC5)cc4C)c3)ccc21.CS(=O)(=O)OC1CCN(C(=O)O)CC1. The summed E-state index contributed by atoms with van der Waals surface area (Å²) in [7, 11) is -2.03. The number of fused-ring (bicyclic) bond motifs is 1. The minimum absolute atomic E-state index is 0.00337. The zero-order valence-electron chi connectivity index (χ0n) is 34.4. The van der Waals surface area contributed by atoms with Gasteiger partial charge in [-0.3, -0.25) is 8.98 Å². The normalized spacial score (nSPS) is 17.3. The molecule has 0 saturated carbocycles. The van der Waals surface area contributed by atoms with E-state index < -0.39 is 21.8 Å². The summed E-state index contributed by atoms with van der Waals surface area (Å²) >= 11 is 0. The monoisotopic (exact) mass is 824 g/mol. The Balaban J connectivity index is 0.000000387. The van der Waals surface area contributed by atoms with Crippen LogP contribution in [-0.2, 0) is 35.2 Å². The van der Waals surface area contributed by atoms with Crippen LogP contribution in [0.2, 0.25) is 0 Å². The Morgan fingerprint density at radius 3 is 2.10 bits per heavy atom. The van der Waals surface area contributed by atoms with Crippen LogP contribution in [0.25, 0.3) is 11.1 Å². The molecule has 2 fully saturated rings. The van der Waals surface area contributed by atoms with Crippen LogP contribution in [0.4, 0.5) is 9.59 Å². The molecule has 0 aliphatic carbocycles. The summed E-state index contributed by atoms with van der Waals surface area (Å²) < 4.78 is 54.9. The van der Waals surface area contributed by atoms with Crippen molar-refractivity contribution in [1.82, 2.24) is 9.80 Å². The smallest absolute Gasteiger partial charge is 0.410 e. The van der Waals surface area contributed by atoms with E-state index in [0.717, 1.165) is 64.2 Å². The Morgan fingerprint density at radius 2 is 1.50 bits per heavy atom. The van der Waals surface area contributed by atoms with E-state index in [0.29, 0.717) is 58.7 Å². The third-order valence-electron chi connectivity index (χ3n) is 10.1. The second-order valence-electron chi connectivity index (χ2n) is 16.0. The summed E-state index contributed by atoms with van der Waals surface area (Å²) in [5, 5.41) is 8.62. The molecule has 0 aromatic heterocycles. The molecule has 3 aromatic rings. The summed E-state index contributed by atoms with van der Waals surface area (Å²) in [6.07, 6.45) is 2.15. The van der Waals surface area contributed by atoms with Crippen LogP contribution in [-0.4, -0.2) is 105 Å². The molecule has 3 aliphatic rings. The lowest BCUT2D eigenvalue weighted by atomic mass is 9.94. The molecule has 3 heterocycles. The van der Waals surface area contributed by atoms with Crippen LogP contribution in [0, 0.1) is 13.8 Å². The van der Waals surface area contributed by atoms with E-state index in [4.69, 9.17) is 33.0 Å². The Bertz CT molecular complexity index is 2010. The van der Waals surface area contributed by atoms with Crippen molar-refractivity contribution in [1.29, 1.82) is 0 Å². The largest absolute Gasteiger partial charge is 0.492 e. The second-order valence-corrected chi connectivity index (χ2v) is 17.6. The number of ether oxygens (including phenoxy) is 5. The van der Waals surface area contributed by atoms with Crippen LogP contribution < -0.4 is 14.2 Å². The van der Waals surface area contributed by atoms with Gasteiger partial charge in [0.05, 0.1) is 32.5 Å². The van der Waals surface area contributed by atoms with Crippen molar-refractivity contribution < 1.29 is 55.8 Å². The highest BCUT2D eigenvalue weighted by Gasteiger charge is 2.29. The van der Waals surface area contributed by atoms with Crippen molar-refractivity contribution in [3.05, 3.63) is 76.9 Å². The quantitative estimate of drug-likeness (QED) is 0.159. The molecule has 0 bridgehead atoms. The third-order valence-corrected chi connectivity index (χ3v) is 10.7. The van der Waals surface area contributed by atoms with E-state index in [1.807, 2.05) is 39.0 Å². The van der Waals surface area contributed by atoms with Crippen molar-refractivity contribution in [2.45, 2.75) is 97.1 Å². The van der Waals surface area contributed by atoms with E-state index >= 15 is 0 Å². The minimum atomic E-state index is -3.43. The maximum Gasteiger partial charge on any atom is 0.410 e. The van der Waals surface area contributed by atoms with Crippen molar-refractivity contribution in [2.24, 2.45) is 0 Å². The van der Waals surface area contributed by atoms with Gasteiger partial charge in [-0.1, -0.05) is 24.3 Å². The Kier molecular flexibility index (Phi) is 14.6. The van der Waals surface area contributed by atoms with Gasteiger partial charge in [0.15, 0.2) is 0 Å². The molecule has 2 saturated heterocycles. The number of piperidine rings is 2. The fourth-order valence-electron chi connectivity index (χ4n) is 7.30. The number of hydrogen-bond donors (Lipinski definition) is 1. The van der Waals surface area contributed by atoms with E-state index in [2.05, 4.69) is 50.2 Å². The van der Waals surface area contributed by atoms with Gasteiger partial charge in [-0.25, -0.2) is 9.59 Å². The van der Waals surface area contributed by atoms with Crippen molar-refractivity contribution in [2.75, 3.05) is 46.2 Å². The number of methoxy groups -OCH3 is 1. The van der Waals surface area contributed by atoms with Crippen LogP contribution in [0.1, 0.15) is 81.0 Å². The Labute approximate surface area is 341 Å². The molecule has 3 aliphatic heterocycles. The summed E-state index contributed by atoms with van der Waals surface area (Å²) in [4.78, 5) is 37.6. The number of carboxylic acid groups (broad SMARTS) is 1. The predicted molar refractivity (Wildman–Crippen MR) is 217 cm³/mol. The molecular weight excluding hydrogens is 769 g/mol. The number of carbonyl (C=O) groups excluding carboxylic acids is 2. The molecule has 316 valence electrons. The summed E-state index contributed by atoms with van der Waals surface area (Å²) in [5.74, 6) is 2.10. The zero-order valence-corrected chi connectivity index (χ0v) is 35.3.